The molecular weight excluding hydrogens is 334 g/mol. The first-order chi connectivity index (χ1) is 10.1. The van der Waals surface area contributed by atoms with Gasteiger partial charge in [-0.15, -0.1) is 12.4 Å². The van der Waals surface area contributed by atoms with Gasteiger partial charge in [0.25, 0.3) is 11.7 Å². The maximum absolute atomic E-state index is 12.4. The number of halogens is 3. The number of amides is 1. The number of alkyl halides is 2. The lowest BCUT2D eigenvalue weighted by atomic mass is 9.91. The smallest absolute Gasteiger partial charge is 0.288 e. The number of nitrogens with one attached hydrogen (secondary N) is 2. The van der Waals surface area contributed by atoms with Crippen molar-refractivity contribution in [1.82, 2.24) is 5.32 Å². The average Bonchev–Trinajstić information content (AvgIpc) is 2.47. The number of benzene rings is 1. The first kappa shape index (κ1) is 19.2. The summed E-state index contributed by atoms with van der Waals surface area (Å²) in [7, 11) is 1.52. The summed E-state index contributed by atoms with van der Waals surface area (Å²) in [6.45, 7) is 1.42. The zero-order chi connectivity index (χ0) is 15.3. The molecule has 1 heterocycles. The van der Waals surface area contributed by atoms with Gasteiger partial charge in [-0.25, -0.2) is 0 Å². The molecule has 1 fully saturated rings. The SMILES string of the molecule is COC1(C(=O)Nc2cccc(SC(F)F)c2)CCNCC1.Cl. The fraction of sp³-hybridized carbons (Fsp3) is 0.500. The molecule has 0 saturated carbocycles. The van der Waals surface area contributed by atoms with E-state index in [-0.39, 0.29) is 18.3 Å². The van der Waals surface area contributed by atoms with E-state index in [1.807, 2.05) is 0 Å². The van der Waals surface area contributed by atoms with Crippen LogP contribution in [0.15, 0.2) is 29.2 Å². The third-order valence-electron chi connectivity index (χ3n) is 3.53. The van der Waals surface area contributed by atoms with E-state index in [1.165, 1.54) is 7.11 Å². The van der Waals surface area contributed by atoms with Gasteiger partial charge in [0.1, 0.15) is 5.60 Å². The van der Waals surface area contributed by atoms with Crippen LogP contribution in [-0.4, -0.2) is 37.5 Å². The predicted octanol–water partition coefficient (Wildman–Crippen LogP) is 3.13. The Bertz CT molecular complexity index is 499. The number of hydrogen-bond acceptors (Lipinski definition) is 4. The molecule has 0 spiro atoms. The van der Waals surface area contributed by atoms with Crippen molar-refractivity contribution in [2.45, 2.75) is 29.1 Å². The van der Waals surface area contributed by atoms with Gasteiger partial charge in [0.15, 0.2) is 0 Å². The van der Waals surface area contributed by atoms with Gasteiger partial charge in [-0.3, -0.25) is 4.79 Å². The molecule has 0 bridgehead atoms. The number of anilines is 1. The van der Waals surface area contributed by atoms with Crippen LogP contribution in [0, 0.1) is 0 Å². The van der Waals surface area contributed by atoms with Crippen LogP contribution in [-0.2, 0) is 9.53 Å². The molecule has 2 rings (SSSR count). The lowest BCUT2D eigenvalue weighted by Crippen LogP contribution is -2.51. The Morgan fingerprint density at radius 2 is 2.09 bits per heavy atom. The highest BCUT2D eigenvalue weighted by Crippen LogP contribution is 2.29. The van der Waals surface area contributed by atoms with Crippen LogP contribution in [0.3, 0.4) is 0 Å². The summed E-state index contributed by atoms with van der Waals surface area (Å²) in [6.07, 6.45) is 1.17. The average molecular weight is 353 g/mol. The number of thioether (sulfide) groups is 1. The highest BCUT2D eigenvalue weighted by molar-refractivity contribution is 7.99. The van der Waals surface area contributed by atoms with Crippen molar-refractivity contribution in [2.24, 2.45) is 0 Å². The molecule has 124 valence electrons. The first-order valence-corrected chi connectivity index (χ1v) is 7.56. The summed E-state index contributed by atoms with van der Waals surface area (Å²) < 4.78 is 30.2. The Morgan fingerprint density at radius 1 is 1.41 bits per heavy atom. The molecule has 0 unspecified atom stereocenters. The van der Waals surface area contributed by atoms with Gasteiger partial charge >= 0.3 is 0 Å². The van der Waals surface area contributed by atoms with E-state index in [2.05, 4.69) is 10.6 Å². The molecule has 1 saturated heterocycles. The van der Waals surface area contributed by atoms with Crippen LogP contribution in [0.5, 0.6) is 0 Å². The number of methoxy groups -OCH3 is 1. The zero-order valence-corrected chi connectivity index (χ0v) is 13.7. The molecule has 1 aliphatic rings. The van der Waals surface area contributed by atoms with Crippen molar-refractivity contribution >= 4 is 35.8 Å². The van der Waals surface area contributed by atoms with E-state index < -0.39 is 11.4 Å². The van der Waals surface area contributed by atoms with Gasteiger partial charge in [0, 0.05) is 17.7 Å². The van der Waals surface area contributed by atoms with E-state index in [0.717, 1.165) is 0 Å². The van der Waals surface area contributed by atoms with Crippen molar-refractivity contribution in [3.05, 3.63) is 24.3 Å². The Hall–Kier alpha value is -0.890. The van der Waals surface area contributed by atoms with E-state index in [1.54, 1.807) is 24.3 Å². The summed E-state index contributed by atoms with van der Waals surface area (Å²) in [5.74, 6) is -2.71. The van der Waals surface area contributed by atoms with Crippen LogP contribution in [0.1, 0.15) is 12.8 Å². The van der Waals surface area contributed by atoms with Crippen LogP contribution in [0.4, 0.5) is 14.5 Å². The molecule has 0 aromatic heterocycles. The standard InChI is InChI=1S/C14H18F2N2O2S.ClH/c1-20-14(5-7-17-8-6-14)12(19)18-10-3-2-4-11(9-10)21-13(15)16;/h2-4,9,13,17H,5-8H2,1H3,(H,18,19);1H. The number of rotatable bonds is 5. The molecule has 8 heteroatoms. The van der Waals surface area contributed by atoms with Gasteiger partial charge < -0.3 is 15.4 Å². The van der Waals surface area contributed by atoms with Crippen molar-refractivity contribution in [3.63, 3.8) is 0 Å². The third kappa shape index (κ3) is 4.81. The highest BCUT2D eigenvalue weighted by atomic mass is 35.5. The molecule has 0 aliphatic carbocycles. The number of carbonyl (C=O) groups is 1. The Labute approximate surface area is 138 Å². The number of carbonyl (C=O) groups excluding carboxylic acids is 1. The van der Waals surface area contributed by atoms with E-state index in [9.17, 15) is 13.6 Å². The topological polar surface area (TPSA) is 50.4 Å². The highest BCUT2D eigenvalue weighted by Gasteiger charge is 2.39. The summed E-state index contributed by atoms with van der Waals surface area (Å²) in [4.78, 5) is 12.9. The Morgan fingerprint density at radius 3 is 2.68 bits per heavy atom. The number of piperidine rings is 1. The molecule has 4 nitrogen and oxygen atoms in total. The van der Waals surface area contributed by atoms with Crippen LogP contribution >= 0.6 is 24.2 Å². The maximum Gasteiger partial charge on any atom is 0.288 e. The van der Waals surface area contributed by atoms with Crippen LogP contribution < -0.4 is 10.6 Å². The molecule has 0 radical (unpaired) electrons. The van der Waals surface area contributed by atoms with Crippen LogP contribution in [0.25, 0.3) is 0 Å². The van der Waals surface area contributed by atoms with Crippen molar-refractivity contribution in [3.8, 4) is 0 Å². The minimum atomic E-state index is -2.48. The Kier molecular flexibility index (Phi) is 7.55. The van der Waals surface area contributed by atoms with E-state index in [4.69, 9.17) is 4.74 Å². The lowest BCUT2D eigenvalue weighted by Gasteiger charge is -2.34. The monoisotopic (exact) mass is 352 g/mol. The largest absolute Gasteiger partial charge is 0.368 e. The van der Waals surface area contributed by atoms with Crippen molar-refractivity contribution in [1.29, 1.82) is 0 Å². The van der Waals surface area contributed by atoms with Gasteiger partial charge in [-0.05, 0) is 44.1 Å². The van der Waals surface area contributed by atoms with Crippen LogP contribution in [0.2, 0.25) is 0 Å². The van der Waals surface area contributed by atoms with E-state index >= 15 is 0 Å². The second-order valence-electron chi connectivity index (χ2n) is 4.81. The predicted molar refractivity (Wildman–Crippen MR) is 86.0 cm³/mol. The third-order valence-corrected chi connectivity index (χ3v) is 4.24. The minimum Gasteiger partial charge on any atom is -0.368 e. The summed E-state index contributed by atoms with van der Waals surface area (Å²) in [6, 6.07) is 6.45. The second-order valence-corrected chi connectivity index (χ2v) is 5.87. The minimum absolute atomic E-state index is 0. The van der Waals surface area contributed by atoms with Crippen molar-refractivity contribution in [2.75, 3.05) is 25.5 Å². The molecule has 22 heavy (non-hydrogen) atoms. The van der Waals surface area contributed by atoms with Gasteiger partial charge in [0.05, 0.1) is 0 Å². The van der Waals surface area contributed by atoms with Gasteiger partial charge in [-0.2, -0.15) is 8.78 Å². The maximum atomic E-state index is 12.4. The molecule has 1 aliphatic heterocycles. The summed E-state index contributed by atoms with van der Waals surface area (Å²) in [5, 5.41) is 5.94. The summed E-state index contributed by atoms with van der Waals surface area (Å²) in [5.41, 5.74) is -0.350. The van der Waals surface area contributed by atoms with Gasteiger partial charge in [-0.1, -0.05) is 17.8 Å². The quantitative estimate of drug-likeness (QED) is 0.799. The van der Waals surface area contributed by atoms with E-state index in [0.29, 0.717) is 48.3 Å². The normalized spacial score (nSPS) is 16.9. The first-order valence-electron chi connectivity index (χ1n) is 6.68. The second kappa shape index (κ2) is 8.67. The van der Waals surface area contributed by atoms with Gasteiger partial charge in [0.2, 0.25) is 0 Å². The fourth-order valence-corrected chi connectivity index (χ4v) is 2.91. The number of ether oxygens (including phenoxy) is 1. The molecular formula is C14H19ClF2N2O2S. The lowest BCUT2D eigenvalue weighted by molar-refractivity contribution is -0.140. The molecule has 1 amide bonds. The molecule has 1 aromatic rings. The van der Waals surface area contributed by atoms with Crippen molar-refractivity contribution < 1.29 is 18.3 Å². The summed E-state index contributed by atoms with van der Waals surface area (Å²) >= 11 is 0.454. The fourth-order valence-electron chi connectivity index (χ4n) is 2.35. The molecule has 1 aromatic carbocycles. The molecule has 2 N–H and O–H groups in total. The number of hydrogen-bond donors (Lipinski definition) is 2. The zero-order valence-electron chi connectivity index (χ0n) is 12.1. The Balaban J connectivity index is 0.00000242. The molecule has 0 atom stereocenters.